The Morgan fingerprint density at radius 3 is 1.27 bits per heavy atom. The fourth-order valence-electron chi connectivity index (χ4n) is 6.86. The highest BCUT2D eigenvalue weighted by Gasteiger charge is 2.39. The molecule has 0 aliphatic rings. The van der Waals surface area contributed by atoms with E-state index in [2.05, 4.69) is 52.8 Å². The quantitative estimate of drug-likeness (QED) is 0.0159. The predicted octanol–water partition coefficient (Wildman–Crippen LogP) is -8.20. The van der Waals surface area contributed by atoms with E-state index in [1.165, 1.54) is 6.92 Å². The van der Waals surface area contributed by atoms with Gasteiger partial charge in [0.15, 0.2) is 5.96 Å². The fourth-order valence-corrected chi connectivity index (χ4v) is 6.86. The highest BCUT2D eigenvalue weighted by Crippen LogP contribution is 2.13. The number of guanidine groups is 1. The molecular formula is C45H80N14O18. The molecule has 10 amide bonds. The summed E-state index contributed by atoms with van der Waals surface area (Å²) in [5.74, 6) is -15.8. The molecule has 0 fully saturated rings. The van der Waals surface area contributed by atoms with E-state index in [0.717, 1.165) is 27.7 Å². The molecule has 0 heterocycles. The Bertz CT molecular complexity index is 2100. The van der Waals surface area contributed by atoms with Crippen molar-refractivity contribution >= 4 is 77.0 Å². The molecule has 15 atom stereocenters. The van der Waals surface area contributed by atoms with E-state index in [1.807, 2.05) is 0 Å². The van der Waals surface area contributed by atoms with Gasteiger partial charge < -0.3 is 101 Å². The lowest BCUT2D eigenvalue weighted by molar-refractivity contribution is -0.143. The van der Waals surface area contributed by atoms with Crippen molar-refractivity contribution in [3.05, 3.63) is 0 Å². The van der Waals surface area contributed by atoms with Crippen molar-refractivity contribution in [1.82, 2.24) is 47.9 Å². The van der Waals surface area contributed by atoms with Gasteiger partial charge in [0.25, 0.3) is 0 Å². The summed E-state index contributed by atoms with van der Waals surface area (Å²) in [6, 6.07) is -17.1. The summed E-state index contributed by atoms with van der Waals surface area (Å²) in [6.45, 7) is 12.1. The zero-order chi connectivity index (χ0) is 59.8. The molecule has 0 radical (unpaired) electrons. The summed E-state index contributed by atoms with van der Waals surface area (Å²) in [6.07, 6.45) is -8.26. The molecule has 32 heteroatoms. The lowest BCUT2D eigenvalue weighted by atomic mass is 9.96. The van der Waals surface area contributed by atoms with Gasteiger partial charge in [0.2, 0.25) is 59.1 Å². The summed E-state index contributed by atoms with van der Waals surface area (Å²) in [4.78, 5) is 160. The third-order valence-electron chi connectivity index (χ3n) is 11.5. The number of primary amides is 1. The molecule has 32 nitrogen and oxygen atoms in total. The lowest BCUT2D eigenvalue weighted by Crippen LogP contribution is -2.63. The number of nitrogens with zero attached hydrogens (tertiary/aromatic N) is 1. The van der Waals surface area contributed by atoms with Crippen LogP contribution in [0.15, 0.2) is 4.99 Å². The number of nitrogens with one attached hydrogen (secondary N) is 9. The monoisotopic (exact) mass is 1100 g/mol. The van der Waals surface area contributed by atoms with Crippen molar-refractivity contribution < 1.29 is 88.2 Å². The molecule has 0 rings (SSSR count). The minimum atomic E-state index is -2.03. The van der Waals surface area contributed by atoms with Crippen molar-refractivity contribution in [2.75, 3.05) is 6.54 Å². The summed E-state index contributed by atoms with van der Waals surface area (Å²) < 4.78 is 0. The largest absolute Gasteiger partial charge is 0.481 e. The first kappa shape index (κ1) is 69.7. The lowest BCUT2D eigenvalue weighted by Gasteiger charge is -2.30. The van der Waals surface area contributed by atoms with Gasteiger partial charge in [0, 0.05) is 6.54 Å². The number of rotatable bonds is 35. The number of aliphatic hydroxyl groups is 4. The van der Waals surface area contributed by atoms with Gasteiger partial charge in [-0.25, -0.2) is 4.79 Å². The first-order valence-corrected chi connectivity index (χ1v) is 24.6. The molecule has 0 aliphatic heterocycles. The van der Waals surface area contributed by atoms with E-state index in [-0.39, 0.29) is 44.1 Å². The number of carboxylic acid groups (broad SMARTS) is 2. The van der Waals surface area contributed by atoms with Crippen molar-refractivity contribution in [2.24, 2.45) is 39.8 Å². The maximum absolute atomic E-state index is 13.9. The summed E-state index contributed by atoms with van der Waals surface area (Å²) in [5.41, 5.74) is 21.5. The van der Waals surface area contributed by atoms with Gasteiger partial charge >= 0.3 is 11.9 Å². The molecule has 0 unspecified atom stereocenters. The third kappa shape index (κ3) is 25.4. The van der Waals surface area contributed by atoms with E-state index >= 15 is 0 Å². The van der Waals surface area contributed by atoms with Crippen LogP contribution in [0, 0.1) is 11.8 Å². The van der Waals surface area contributed by atoms with Crippen LogP contribution < -0.4 is 70.8 Å². The maximum Gasteiger partial charge on any atom is 0.326 e. The van der Waals surface area contributed by atoms with E-state index < -0.39 is 175 Å². The number of aliphatic hydroxyl groups excluding tert-OH is 4. The average molecular weight is 1110 g/mol. The second kappa shape index (κ2) is 33.7. The van der Waals surface area contributed by atoms with Crippen molar-refractivity contribution in [3.63, 3.8) is 0 Å². The van der Waals surface area contributed by atoms with Gasteiger partial charge in [-0.05, 0) is 65.7 Å². The molecule has 0 bridgehead atoms. The Balaban J connectivity index is 6.37. The van der Waals surface area contributed by atoms with Gasteiger partial charge in [-0.2, -0.15) is 0 Å². The molecule has 0 aromatic rings. The number of carboxylic acids is 2. The smallest absolute Gasteiger partial charge is 0.326 e. The zero-order valence-electron chi connectivity index (χ0n) is 44.5. The van der Waals surface area contributed by atoms with Gasteiger partial charge in [0.05, 0.1) is 37.3 Å². The highest BCUT2D eigenvalue weighted by atomic mass is 16.4. The van der Waals surface area contributed by atoms with Crippen molar-refractivity contribution in [1.29, 1.82) is 0 Å². The van der Waals surface area contributed by atoms with Crippen LogP contribution in [0.3, 0.4) is 0 Å². The predicted molar refractivity (Wildman–Crippen MR) is 270 cm³/mol. The van der Waals surface area contributed by atoms with E-state index in [0.29, 0.717) is 0 Å². The Kier molecular flexibility index (Phi) is 30.5. The minimum Gasteiger partial charge on any atom is -0.481 e. The molecule has 0 aromatic heterocycles. The fraction of sp³-hybridized carbons (Fsp3) is 0.711. The molecule has 0 spiro atoms. The molecule has 438 valence electrons. The van der Waals surface area contributed by atoms with E-state index in [9.17, 15) is 88.2 Å². The van der Waals surface area contributed by atoms with Gasteiger partial charge in [-0.3, -0.25) is 57.7 Å². The summed E-state index contributed by atoms with van der Waals surface area (Å²) in [5, 5.41) is 80.4. The van der Waals surface area contributed by atoms with Crippen LogP contribution in [-0.2, 0) is 57.5 Å². The SMILES string of the molecule is CC[C@H](C)[C@H](NC(=O)[C@@H](NC(=O)[C@H](CC(=O)O)NC(=O)[C@H](C)NC(=O)[C@@H](NC(=O)[C@H](CC(N)=O)NC(=O)[C@@H](NC(=O)[C@@H](N)[C@@H](C)O)[C@@H](C)O)[C@@H](C)O)[C@@H](C)O)C(=O)N[C@@H](CC(C)C)C(=O)N[C@@H](CCCN=C(N)N)C(=O)O. The number of carbonyl (C=O) groups excluding carboxylic acids is 10. The van der Waals surface area contributed by atoms with Gasteiger partial charge in [-0.15, -0.1) is 0 Å². The summed E-state index contributed by atoms with van der Waals surface area (Å²) in [7, 11) is 0. The van der Waals surface area contributed by atoms with Crippen LogP contribution in [-0.4, -0.2) is 199 Å². The number of hydrogen-bond donors (Lipinski definition) is 19. The normalized spacial score (nSPS) is 17.0. The molecular weight excluding hydrogens is 1020 g/mol. The van der Waals surface area contributed by atoms with E-state index in [4.69, 9.17) is 22.9 Å². The number of nitrogens with two attached hydrogens (primary N) is 4. The number of hydrogen-bond acceptors (Lipinski definition) is 18. The second-order valence-corrected chi connectivity index (χ2v) is 19.0. The van der Waals surface area contributed by atoms with Crippen LogP contribution in [0.2, 0.25) is 0 Å². The third-order valence-corrected chi connectivity index (χ3v) is 11.5. The molecule has 77 heavy (non-hydrogen) atoms. The van der Waals surface area contributed by atoms with Crippen molar-refractivity contribution in [2.45, 2.75) is 186 Å². The van der Waals surface area contributed by atoms with Crippen LogP contribution in [0.4, 0.5) is 0 Å². The van der Waals surface area contributed by atoms with Crippen molar-refractivity contribution in [3.8, 4) is 0 Å². The minimum absolute atomic E-state index is 0.0166. The molecule has 0 aliphatic carbocycles. The second-order valence-electron chi connectivity index (χ2n) is 19.0. The van der Waals surface area contributed by atoms with E-state index in [1.54, 1.807) is 27.7 Å². The Morgan fingerprint density at radius 2 is 0.857 bits per heavy atom. The molecule has 0 saturated heterocycles. The standard InChI is InChI=1S/C45H80N14O18/c1-10-18(4)31(40(72)54-25(14-17(2)3)36(68)52-24(44(76)77)12-11-13-50-45(48)49)56-43(75)34(23(9)63)58-38(70)27(16-29(65)66)53-35(67)19(5)51-41(73)32(21(7)61)57-37(69)26(15-28(46)64)55-42(74)33(22(8)62)59-39(71)30(47)20(6)60/h17-27,30-34,60-63H,10-16,47H2,1-9H3,(H2,46,64)(H,51,73)(H,52,68)(H,53,67)(H,54,72)(H,55,74)(H,56,75)(H,57,69)(H,58,70)(H,59,71)(H,65,66)(H,76,77)(H4,48,49,50)/t18-,19-,20+,21+,22+,23+,24-,25-,26-,27-,30-,31-,32-,33-,34-/m0/s1. The Labute approximate surface area is 444 Å². The summed E-state index contributed by atoms with van der Waals surface area (Å²) >= 11 is 0. The number of aliphatic carboxylic acids is 2. The van der Waals surface area contributed by atoms with Crippen LogP contribution >= 0.6 is 0 Å². The maximum atomic E-state index is 13.9. The molecule has 0 saturated carbocycles. The number of aliphatic imine (C=N–C) groups is 1. The first-order chi connectivity index (χ1) is 35.6. The topological polar surface area (TPSA) is 551 Å². The van der Waals surface area contributed by atoms with Crippen LogP contribution in [0.5, 0.6) is 0 Å². The average Bonchev–Trinajstić information content (AvgIpc) is 3.31. The Morgan fingerprint density at radius 1 is 0.468 bits per heavy atom. The number of amides is 10. The van der Waals surface area contributed by atoms with Crippen LogP contribution in [0.1, 0.15) is 101 Å². The molecule has 23 N–H and O–H groups in total. The Hall–Kier alpha value is -7.29. The zero-order valence-corrected chi connectivity index (χ0v) is 44.5. The first-order valence-electron chi connectivity index (χ1n) is 24.6. The molecule has 0 aromatic carbocycles. The van der Waals surface area contributed by atoms with Crippen LogP contribution in [0.25, 0.3) is 0 Å². The van der Waals surface area contributed by atoms with Gasteiger partial charge in [0.1, 0.15) is 60.4 Å². The number of carbonyl (C=O) groups is 12. The van der Waals surface area contributed by atoms with Gasteiger partial charge in [-0.1, -0.05) is 34.1 Å². The highest BCUT2D eigenvalue weighted by molar-refractivity contribution is 6.00.